The SMILES string of the molecule is O=C(CCN1C(=O)c2ccccc2S1(=O)=O)NCCn1c(=O)oc2cccnc21. The molecule has 29 heavy (non-hydrogen) atoms. The highest BCUT2D eigenvalue weighted by atomic mass is 32.2. The van der Waals surface area contributed by atoms with E-state index in [1.54, 1.807) is 18.2 Å². The Balaban J connectivity index is 1.35. The van der Waals surface area contributed by atoms with E-state index in [0.717, 1.165) is 0 Å². The van der Waals surface area contributed by atoms with Gasteiger partial charge in [-0.05, 0) is 24.3 Å². The molecule has 1 aliphatic heterocycles. The molecule has 3 aromatic rings. The highest BCUT2D eigenvalue weighted by Gasteiger charge is 2.40. The van der Waals surface area contributed by atoms with E-state index >= 15 is 0 Å². The number of carbonyl (C=O) groups is 2. The molecule has 0 spiro atoms. The summed E-state index contributed by atoms with van der Waals surface area (Å²) >= 11 is 0. The monoisotopic (exact) mass is 416 g/mol. The number of carbonyl (C=O) groups excluding carboxylic acids is 2. The molecule has 0 saturated heterocycles. The summed E-state index contributed by atoms with van der Waals surface area (Å²) in [5.74, 6) is -1.67. The van der Waals surface area contributed by atoms with Gasteiger partial charge in [-0.3, -0.25) is 14.2 Å². The maximum Gasteiger partial charge on any atom is 0.421 e. The fraction of sp³-hybridized carbons (Fsp3) is 0.222. The number of nitrogens with zero attached hydrogens (tertiary/aromatic N) is 3. The van der Waals surface area contributed by atoms with Crippen molar-refractivity contribution >= 4 is 33.1 Å². The molecule has 10 nitrogen and oxygen atoms in total. The van der Waals surface area contributed by atoms with Crippen LogP contribution in [-0.4, -0.2) is 47.2 Å². The maximum atomic E-state index is 12.5. The van der Waals surface area contributed by atoms with Gasteiger partial charge in [0.05, 0.1) is 5.56 Å². The van der Waals surface area contributed by atoms with Gasteiger partial charge in [0.25, 0.3) is 15.9 Å². The van der Waals surface area contributed by atoms with Gasteiger partial charge in [0.15, 0.2) is 11.2 Å². The van der Waals surface area contributed by atoms with E-state index < -0.39 is 27.6 Å². The third kappa shape index (κ3) is 3.29. The average molecular weight is 416 g/mol. The fourth-order valence-electron chi connectivity index (χ4n) is 3.15. The van der Waals surface area contributed by atoms with Crippen LogP contribution in [0.25, 0.3) is 11.2 Å². The van der Waals surface area contributed by atoms with Crippen molar-refractivity contribution in [3.63, 3.8) is 0 Å². The van der Waals surface area contributed by atoms with E-state index in [0.29, 0.717) is 15.5 Å². The highest BCUT2D eigenvalue weighted by Crippen LogP contribution is 2.29. The van der Waals surface area contributed by atoms with E-state index in [1.807, 2.05) is 0 Å². The fourth-order valence-corrected chi connectivity index (χ4v) is 4.72. The van der Waals surface area contributed by atoms with Gasteiger partial charge in [-0.1, -0.05) is 12.1 Å². The summed E-state index contributed by atoms with van der Waals surface area (Å²) in [6.45, 7) is -0.0103. The number of fused-ring (bicyclic) bond motifs is 2. The van der Waals surface area contributed by atoms with Crippen LogP contribution in [0.5, 0.6) is 0 Å². The Kier molecular flexibility index (Phi) is 4.66. The molecule has 0 saturated carbocycles. The van der Waals surface area contributed by atoms with Crippen molar-refractivity contribution in [2.24, 2.45) is 0 Å². The normalized spacial score (nSPS) is 14.9. The lowest BCUT2D eigenvalue weighted by Gasteiger charge is -2.14. The molecule has 2 amide bonds. The quantitative estimate of drug-likeness (QED) is 0.613. The molecule has 0 radical (unpaired) electrons. The number of nitrogens with one attached hydrogen (secondary N) is 1. The number of pyridine rings is 1. The van der Waals surface area contributed by atoms with Gasteiger partial charge in [0.2, 0.25) is 5.91 Å². The van der Waals surface area contributed by atoms with Gasteiger partial charge in [-0.25, -0.2) is 22.5 Å². The number of benzene rings is 1. The second-order valence-electron chi connectivity index (χ2n) is 6.32. The van der Waals surface area contributed by atoms with Crippen LogP contribution in [-0.2, 0) is 21.4 Å². The van der Waals surface area contributed by atoms with E-state index in [-0.39, 0.29) is 36.5 Å². The standard InChI is InChI=1S/C18H16N4O6S/c23-15(19-9-11-21-16-13(28-18(21)25)5-3-8-20-16)7-10-22-17(24)12-4-1-2-6-14(12)29(22,26)27/h1-6,8H,7,9-11H2,(H,19,23). The summed E-state index contributed by atoms with van der Waals surface area (Å²) < 4.78 is 32.0. The van der Waals surface area contributed by atoms with E-state index in [9.17, 15) is 22.8 Å². The molecule has 0 aliphatic carbocycles. The molecule has 3 heterocycles. The van der Waals surface area contributed by atoms with Gasteiger partial charge in [-0.2, -0.15) is 0 Å². The number of hydrogen-bond donors (Lipinski definition) is 1. The van der Waals surface area contributed by atoms with Crippen molar-refractivity contribution in [2.75, 3.05) is 13.1 Å². The van der Waals surface area contributed by atoms with Gasteiger partial charge >= 0.3 is 5.76 Å². The van der Waals surface area contributed by atoms with Crippen molar-refractivity contribution in [2.45, 2.75) is 17.9 Å². The number of aromatic nitrogens is 2. The zero-order valence-electron chi connectivity index (χ0n) is 15.1. The van der Waals surface area contributed by atoms with Crippen LogP contribution in [0.15, 0.2) is 56.7 Å². The molecule has 4 rings (SSSR count). The molecular weight excluding hydrogens is 400 g/mol. The van der Waals surface area contributed by atoms with Crippen LogP contribution < -0.4 is 11.1 Å². The van der Waals surface area contributed by atoms with E-state index in [2.05, 4.69) is 10.3 Å². The van der Waals surface area contributed by atoms with E-state index in [1.165, 1.54) is 29.0 Å². The van der Waals surface area contributed by atoms with Crippen LogP contribution >= 0.6 is 0 Å². The highest BCUT2D eigenvalue weighted by molar-refractivity contribution is 7.90. The largest absolute Gasteiger partial charge is 0.421 e. The molecule has 0 fully saturated rings. The number of amides is 2. The third-order valence-electron chi connectivity index (χ3n) is 4.54. The zero-order chi connectivity index (χ0) is 20.6. The molecular formula is C18H16N4O6S. The van der Waals surface area contributed by atoms with Gasteiger partial charge in [0, 0.05) is 32.3 Å². The smallest absolute Gasteiger partial charge is 0.406 e. The molecule has 2 aromatic heterocycles. The second kappa shape index (κ2) is 7.17. The molecule has 11 heteroatoms. The van der Waals surface area contributed by atoms with E-state index in [4.69, 9.17) is 4.42 Å². The number of oxazole rings is 1. The number of hydrogen-bond acceptors (Lipinski definition) is 7. The Hall–Kier alpha value is -3.47. The molecule has 1 N–H and O–H groups in total. The van der Waals surface area contributed by atoms with Crippen molar-refractivity contribution in [3.8, 4) is 0 Å². The minimum Gasteiger partial charge on any atom is -0.406 e. The number of sulfonamides is 1. The molecule has 0 atom stereocenters. The van der Waals surface area contributed by atoms with Crippen LogP contribution in [0.3, 0.4) is 0 Å². The minimum atomic E-state index is -3.94. The predicted octanol–water partition coefficient (Wildman–Crippen LogP) is 0.340. The molecule has 0 unspecified atom stereocenters. The Bertz CT molecular complexity index is 1280. The Labute approximate surface area is 164 Å². The van der Waals surface area contributed by atoms with Crippen molar-refractivity contribution in [3.05, 3.63) is 58.7 Å². The van der Waals surface area contributed by atoms with Crippen molar-refractivity contribution in [1.29, 1.82) is 0 Å². The van der Waals surface area contributed by atoms with Gasteiger partial charge < -0.3 is 9.73 Å². The van der Waals surface area contributed by atoms with Crippen LogP contribution in [0.4, 0.5) is 0 Å². The first-order chi connectivity index (χ1) is 13.9. The van der Waals surface area contributed by atoms with Crippen LogP contribution in [0.2, 0.25) is 0 Å². The lowest BCUT2D eigenvalue weighted by atomic mass is 10.2. The third-order valence-corrected chi connectivity index (χ3v) is 6.38. The van der Waals surface area contributed by atoms with Crippen molar-refractivity contribution < 1.29 is 22.4 Å². The first kappa shape index (κ1) is 18.9. The Morgan fingerprint density at radius 1 is 1.10 bits per heavy atom. The van der Waals surface area contributed by atoms with Crippen LogP contribution in [0.1, 0.15) is 16.8 Å². The first-order valence-electron chi connectivity index (χ1n) is 8.77. The summed E-state index contributed by atoms with van der Waals surface area (Å²) in [4.78, 5) is 40.3. The first-order valence-corrected chi connectivity index (χ1v) is 10.2. The summed E-state index contributed by atoms with van der Waals surface area (Å²) in [6.07, 6.45) is 1.33. The lowest BCUT2D eigenvalue weighted by Crippen LogP contribution is -2.36. The van der Waals surface area contributed by atoms with Crippen molar-refractivity contribution in [1.82, 2.24) is 19.2 Å². The lowest BCUT2D eigenvalue weighted by molar-refractivity contribution is -0.121. The topological polar surface area (TPSA) is 132 Å². The predicted molar refractivity (Wildman–Crippen MR) is 101 cm³/mol. The molecule has 150 valence electrons. The van der Waals surface area contributed by atoms with Gasteiger partial charge in [0.1, 0.15) is 4.90 Å². The summed E-state index contributed by atoms with van der Waals surface area (Å²) in [5, 5.41) is 2.60. The Morgan fingerprint density at radius 3 is 2.69 bits per heavy atom. The molecule has 1 aromatic carbocycles. The number of rotatable bonds is 6. The van der Waals surface area contributed by atoms with Gasteiger partial charge in [-0.15, -0.1) is 0 Å². The summed E-state index contributed by atoms with van der Waals surface area (Å²) in [7, 11) is -3.94. The summed E-state index contributed by atoms with van der Waals surface area (Å²) in [5.41, 5.74) is 0.825. The second-order valence-corrected chi connectivity index (χ2v) is 8.15. The molecule has 0 bridgehead atoms. The maximum absolute atomic E-state index is 12.5. The Morgan fingerprint density at radius 2 is 1.90 bits per heavy atom. The van der Waals surface area contributed by atoms with Crippen LogP contribution in [0, 0.1) is 0 Å². The average Bonchev–Trinajstić information content (AvgIpc) is 3.12. The summed E-state index contributed by atoms with van der Waals surface area (Å²) in [6, 6.07) is 9.18. The minimum absolute atomic E-state index is 0.0517. The zero-order valence-corrected chi connectivity index (χ0v) is 15.9. The molecule has 1 aliphatic rings.